The lowest BCUT2D eigenvalue weighted by Gasteiger charge is -2.17. The molecule has 114 valence electrons. The van der Waals surface area contributed by atoms with E-state index < -0.39 is 16.4 Å². The van der Waals surface area contributed by atoms with Crippen molar-refractivity contribution in [2.45, 2.75) is 13.0 Å². The first-order valence-electron chi connectivity index (χ1n) is 5.65. The first-order valence-corrected chi connectivity index (χ1v) is 6.98. The number of carbonyl (C=O) groups excluding carboxylic acids is 1. The van der Waals surface area contributed by atoms with E-state index >= 15 is 0 Å². The van der Waals surface area contributed by atoms with Crippen molar-refractivity contribution in [2.75, 3.05) is 0 Å². The number of hydrogen-bond acceptors (Lipinski definition) is 7. The summed E-state index contributed by atoms with van der Waals surface area (Å²) in [5.41, 5.74) is 1.12. The fourth-order valence-corrected chi connectivity index (χ4v) is 1.66. The van der Waals surface area contributed by atoms with Gasteiger partial charge in [0, 0.05) is 10.4 Å². The van der Waals surface area contributed by atoms with E-state index in [9.17, 15) is 9.90 Å². The fourth-order valence-electron chi connectivity index (χ4n) is 1.66. The zero-order valence-electron chi connectivity index (χ0n) is 10.9. The van der Waals surface area contributed by atoms with Gasteiger partial charge >= 0.3 is 0 Å². The second-order valence-electron chi connectivity index (χ2n) is 3.97. The van der Waals surface area contributed by atoms with E-state index in [2.05, 4.69) is 4.98 Å². The molecule has 1 unspecified atom stereocenters. The Hall–Kier alpha value is -2.23. The molecule has 0 saturated heterocycles. The van der Waals surface area contributed by atoms with Crippen molar-refractivity contribution in [1.29, 1.82) is 0 Å². The van der Waals surface area contributed by atoms with E-state index in [1.807, 2.05) is 37.3 Å². The predicted molar refractivity (Wildman–Crippen MR) is 67.3 cm³/mol. The minimum absolute atomic E-state index is 0.0726. The monoisotopic (exact) mass is 311 g/mol. The summed E-state index contributed by atoms with van der Waals surface area (Å²) in [6, 6.07) is 9.58. The van der Waals surface area contributed by atoms with Crippen molar-refractivity contribution < 1.29 is 27.4 Å². The molecular weight excluding hydrogens is 300 g/mol. The second kappa shape index (κ2) is 6.97. The largest absolute Gasteiger partial charge is 0.759 e. The first kappa shape index (κ1) is 16.8. The lowest BCUT2D eigenvalue weighted by Crippen LogP contribution is -2.26. The molecule has 0 bridgehead atoms. The maximum absolute atomic E-state index is 10.8. The van der Waals surface area contributed by atoms with Crippen LogP contribution in [0.25, 0.3) is 0 Å². The van der Waals surface area contributed by atoms with Crippen molar-refractivity contribution in [3.05, 3.63) is 54.1 Å². The van der Waals surface area contributed by atoms with Crippen LogP contribution in [0.15, 0.2) is 42.9 Å². The topological polar surface area (TPSA) is 138 Å². The van der Waals surface area contributed by atoms with Crippen LogP contribution in [0.3, 0.4) is 0 Å². The maximum Gasteiger partial charge on any atom is 0.0956 e. The molecule has 1 atom stereocenters. The molecule has 0 aliphatic carbocycles. The molecule has 0 radical (unpaired) electrons. The first-order chi connectivity index (χ1) is 9.70. The Balaban J connectivity index is 0.000000383. The van der Waals surface area contributed by atoms with Gasteiger partial charge in [0.05, 0.1) is 30.2 Å². The average molecular weight is 311 g/mol. The van der Waals surface area contributed by atoms with Crippen LogP contribution in [0.2, 0.25) is 0 Å². The van der Waals surface area contributed by atoms with Crippen LogP contribution < -0.4 is 5.11 Å². The Bertz CT molecular complexity index is 688. The fraction of sp³-hybridized carbons (Fsp3) is 0.167. The van der Waals surface area contributed by atoms with Crippen LogP contribution in [0.1, 0.15) is 29.0 Å². The number of carboxylic acid groups (broad SMARTS) is 1. The van der Waals surface area contributed by atoms with Gasteiger partial charge in [-0.15, -0.1) is 0 Å². The Morgan fingerprint density at radius 2 is 1.76 bits per heavy atom. The summed E-state index contributed by atoms with van der Waals surface area (Å²) in [4.78, 5) is 14.7. The van der Waals surface area contributed by atoms with E-state index in [1.165, 1.54) is 12.5 Å². The van der Waals surface area contributed by atoms with Crippen molar-refractivity contribution in [1.82, 2.24) is 9.55 Å². The summed E-state index contributed by atoms with van der Waals surface area (Å²) >= 11 is 0. The smallest absolute Gasteiger partial charge is 0.0956 e. The minimum atomic E-state index is -5.17. The molecule has 2 rings (SSSR count). The molecule has 1 heterocycles. The van der Waals surface area contributed by atoms with Gasteiger partial charge in [-0.25, -0.2) is 4.98 Å². The summed E-state index contributed by atoms with van der Waals surface area (Å²) < 4.78 is 35.7. The molecule has 0 spiro atoms. The summed E-state index contributed by atoms with van der Waals surface area (Å²) in [6.45, 7) is 1.92. The summed E-state index contributed by atoms with van der Waals surface area (Å²) in [5, 5.41) is 10.8. The predicted octanol–water partition coefficient (Wildman–Crippen LogP) is -0.482. The van der Waals surface area contributed by atoms with E-state index in [1.54, 1.807) is 4.57 Å². The van der Waals surface area contributed by atoms with E-state index in [0.717, 1.165) is 5.56 Å². The molecule has 1 aromatic carbocycles. The number of benzene rings is 1. The van der Waals surface area contributed by atoms with Gasteiger partial charge in [0.2, 0.25) is 0 Å². The van der Waals surface area contributed by atoms with Gasteiger partial charge in [-0.3, -0.25) is 8.42 Å². The van der Waals surface area contributed by atoms with Gasteiger partial charge in [-0.1, -0.05) is 30.3 Å². The van der Waals surface area contributed by atoms with Gasteiger partial charge in [0.1, 0.15) is 0 Å². The number of carboxylic acids is 1. The zero-order chi connectivity index (χ0) is 16.0. The highest BCUT2D eigenvalue weighted by molar-refractivity contribution is 7.79. The second-order valence-corrected chi connectivity index (χ2v) is 4.79. The lowest BCUT2D eigenvalue weighted by molar-refractivity contribution is -0.255. The normalized spacial score (nSPS) is 12.1. The molecule has 21 heavy (non-hydrogen) atoms. The third-order valence-electron chi connectivity index (χ3n) is 2.57. The van der Waals surface area contributed by atoms with Gasteiger partial charge in [-0.2, -0.15) is 0 Å². The van der Waals surface area contributed by atoms with Crippen LogP contribution in [-0.2, 0) is 10.4 Å². The van der Waals surface area contributed by atoms with E-state index in [4.69, 9.17) is 17.5 Å². The number of aromatic nitrogens is 2. The van der Waals surface area contributed by atoms with Crippen molar-refractivity contribution >= 4 is 16.4 Å². The van der Waals surface area contributed by atoms with Gasteiger partial charge in [-0.05, 0) is 12.5 Å². The van der Waals surface area contributed by atoms with Gasteiger partial charge in [0.25, 0.3) is 0 Å². The summed E-state index contributed by atoms with van der Waals surface area (Å²) in [5.74, 6) is -1.21. The molecule has 8 nitrogen and oxygen atoms in total. The third kappa shape index (κ3) is 5.73. The average Bonchev–Trinajstić information content (AvgIpc) is 2.86. The highest BCUT2D eigenvalue weighted by Crippen LogP contribution is 2.18. The zero-order valence-corrected chi connectivity index (χ0v) is 11.7. The Kier molecular flexibility index (Phi) is 5.59. The standard InChI is InChI=1S/C12H12N2O2.H2O4S/c1-9(10-5-3-2-4-6-10)14-8-13-7-11(14)12(15)16;1-5(2,3)4/h2-9H,1H3,(H,15,16);(H2,1,2,3,4)/p-3. The Morgan fingerprint density at radius 3 is 2.24 bits per heavy atom. The molecule has 0 fully saturated rings. The SMILES string of the molecule is CC(c1ccccc1)n1cncc1C(=O)[O-].O=S(=O)([O-])[O-]. The number of hydrogen-bond donors (Lipinski definition) is 0. The highest BCUT2D eigenvalue weighted by atomic mass is 32.3. The Labute approximate surface area is 121 Å². The molecule has 9 heteroatoms. The Morgan fingerprint density at radius 1 is 1.24 bits per heavy atom. The molecule has 0 saturated carbocycles. The number of carbonyl (C=O) groups is 1. The molecule has 0 amide bonds. The number of imidazole rings is 1. The minimum Gasteiger partial charge on any atom is -0.759 e. The third-order valence-corrected chi connectivity index (χ3v) is 2.57. The molecular formula is C12H11N2O6S-3. The van der Waals surface area contributed by atoms with Crippen LogP contribution in [0.4, 0.5) is 0 Å². The van der Waals surface area contributed by atoms with Crippen LogP contribution in [0, 0.1) is 0 Å². The molecule has 0 N–H and O–H groups in total. The van der Waals surface area contributed by atoms with Crippen LogP contribution >= 0.6 is 0 Å². The summed E-state index contributed by atoms with van der Waals surface area (Å²) in [6.07, 6.45) is 2.80. The molecule has 2 aromatic rings. The maximum atomic E-state index is 10.8. The van der Waals surface area contributed by atoms with Crippen molar-refractivity contribution in [2.24, 2.45) is 0 Å². The van der Waals surface area contributed by atoms with E-state index in [-0.39, 0.29) is 11.7 Å². The van der Waals surface area contributed by atoms with E-state index in [0.29, 0.717) is 0 Å². The van der Waals surface area contributed by atoms with Crippen molar-refractivity contribution in [3.8, 4) is 0 Å². The van der Waals surface area contributed by atoms with Gasteiger partial charge in [0.15, 0.2) is 0 Å². The number of rotatable bonds is 3. The highest BCUT2D eigenvalue weighted by Gasteiger charge is 2.11. The molecule has 0 aliphatic heterocycles. The quantitative estimate of drug-likeness (QED) is 0.551. The van der Waals surface area contributed by atoms with Crippen LogP contribution in [-0.4, -0.2) is 33.0 Å². The van der Waals surface area contributed by atoms with Crippen LogP contribution in [0.5, 0.6) is 0 Å². The number of aromatic carboxylic acids is 1. The summed E-state index contributed by atoms with van der Waals surface area (Å²) in [7, 11) is -5.17. The lowest BCUT2D eigenvalue weighted by atomic mass is 10.1. The number of nitrogens with zero attached hydrogens (tertiary/aromatic N) is 2. The van der Waals surface area contributed by atoms with Gasteiger partial charge < -0.3 is 23.6 Å². The molecule has 0 aliphatic rings. The van der Waals surface area contributed by atoms with Crippen molar-refractivity contribution in [3.63, 3.8) is 0 Å². The molecule has 1 aromatic heterocycles.